The number of hydrogen-bond donors (Lipinski definition) is 0. The number of rotatable bonds is 15. The molecule has 0 aliphatic heterocycles. The van der Waals surface area contributed by atoms with Crippen LogP contribution in [0.5, 0.6) is 5.88 Å². The van der Waals surface area contributed by atoms with Crippen molar-refractivity contribution in [2.24, 2.45) is 0 Å². The molecule has 0 unspecified atom stereocenters. The Hall–Kier alpha value is -3.24. The fourth-order valence-corrected chi connectivity index (χ4v) is 4.05. The van der Waals surface area contributed by atoms with Crippen molar-refractivity contribution in [3.63, 3.8) is 0 Å². The largest absolute Gasteiger partial charge is 0.475 e. The smallest absolute Gasteiger partial charge is 0.297 e. The van der Waals surface area contributed by atoms with Gasteiger partial charge in [-0.1, -0.05) is 42.0 Å². The second-order valence-corrected chi connectivity index (χ2v) is 10.0. The minimum absolute atomic E-state index is 0.0566. The first-order valence-corrected chi connectivity index (χ1v) is 13.4. The highest BCUT2D eigenvalue weighted by Crippen LogP contribution is 2.16. The molecule has 3 rings (SSSR count). The van der Waals surface area contributed by atoms with Gasteiger partial charge in [-0.25, -0.2) is 4.98 Å². The van der Waals surface area contributed by atoms with Crippen LogP contribution in [0.1, 0.15) is 16.7 Å². The maximum absolute atomic E-state index is 12.1. The van der Waals surface area contributed by atoms with Gasteiger partial charge in [-0.05, 0) is 48.4 Å². The lowest BCUT2D eigenvalue weighted by Gasteiger charge is -2.11. The molecule has 198 valence electrons. The van der Waals surface area contributed by atoms with Gasteiger partial charge < -0.3 is 19.1 Å². The highest BCUT2D eigenvalue weighted by molar-refractivity contribution is 7.86. The van der Waals surface area contributed by atoms with E-state index in [0.717, 1.165) is 22.4 Å². The molecule has 8 nitrogen and oxygen atoms in total. The lowest BCUT2D eigenvalue weighted by Crippen LogP contribution is -2.15. The normalized spacial score (nSPS) is 11.6. The van der Waals surface area contributed by atoms with Crippen molar-refractivity contribution in [3.05, 3.63) is 83.6 Å². The molecule has 3 aromatic rings. The Balaban J connectivity index is 1.23. The molecule has 0 radical (unpaired) electrons. The van der Waals surface area contributed by atoms with Gasteiger partial charge in [-0.3, -0.25) is 4.18 Å². The molecular weight excluding hydrogens is 492 g/mol. The molecule has 0 saturated carbocycles. The first-order chi connectivity index (χ1) is 17.8. The van der Waals surface area contributed by atoms with Crippen LogP contribution in [-0.2, 0) is 23.8 Å². The van der Waals surface area contributed by atoms with Crippen LogP contribution in [0.15, 0.2) is 71.8 Å². The molecule has 0 spiro atoms. The summed E-state index contributed by atoms with van der Waals surface area (Å²) in [6.07, 6.45) is 5.81. The molecule has 0 aliphatic carbocycles. The van der Waals surface area contributed by atoms with Crippen molar-refractivity contribution in [2.45, 2.75) is 11.8 Å². The molecule has 9 heteroatoms. The summed E-state index contributed by atoms with van der Waals surface area (Å²) in [6.45, 7) is 3.41. The van der Waals surface area contributed by atoms with Gasteiger partial charge >= 0.3 is 0 Å². The SMILES string of the molecule is Cc1ccc(S(=O)(=O)OCCOCCOCCOc2ccc(C=Cc3ccc(N(C)C)cc3)cn2)cc1. The zero-order valence-corrected chi connectivity index (χ0v) is 22.3. The van der Waals surface area contributed by atoms with E-state index in [1.54, 1.807) is 18.3 Å². The number of aryl methyl sites for hydroxylation is 1. The Morgan fingerprint density at radius 1 is 0.757 bits per heavy atom. The van der Waals surface area contributed by atoms with Crippen LogP contribution >= 0.6 is 0 Å². The maximum Gasteiger partial charge on any atom is 0.297 e. The summed E-state index contributed by atoms with van der Waals surface area (Å²) < 4.78 is 45.6. The van der Waals surface area contributed by atoms with Gasteiger partial charge in [0.1, 0.15) is 6.61 Å². The van der Waals surface area contributed by atoms with E-state index >= 15 is 0 Å². The average Bonchev–Trinajstić information content (AvgIpc) is 2.89. The minimum Gasteiger partial charge on any atom is -0.475 e. The Kier molecular flexibility index (Phi) is 11.1. The molecule has 1 heterocycles. The van der Waals surface area contributed by atoms with E-state index in [2.05, 4.69) is 34.1 Å². The van der Waals surface area contributed by atoms with Gasteiger partial charge in [0.15, 0.2) is 0 Å². The Labute approximate surface area is 219 Å². The molecule has 0 N–H and O–H groups in total. The van der Waals surface area contributed by atoms with Gasteiger partial charge in [-0.2, -0.15) is 8.42 Å². The van der Waals surface area contributed by atoms with E-state index in [-0.39, 0.29) is 18.1 Å². The third-order valence-electron chi connectivity index (χ3n) is 5.26. The van der Waals surface area contributed by atoms with E-state index in [1.165, 1.54) is 12.1 Å². The molecule has 0 bridgehead atoms. The topological polar surface area (TPSA) is 87.2 Å². The van der Waals surface area contributed by atoms with Gasteiger partial charge in [0.2, 0.25) is 5.88 Å². The second kappa shape index (κ2) is 14.5. The van der Waals surface area contributed by atoms with Gasteiger partial charge in [0, 0.05) is 32.0 Å². The van der Waals surface area contributed by atoms with Crippen molar-refractivity contribution in [2.75, 3.05) is 58.6 Å². The summed E-state index contributed by atoms with van der Waals surface area (Å²) in [5.74, 6) is 0.527. The average molecular weight is 527 g/mol. The van der Waals surface area contributed by atoms with Gasteiger partial charge in [0.05, 0.1) is 37.9 Å². The summed E-state index contributed by atoms with van der Waals surface area (Å²) in [5, 5.41) is 0. The van der Waals surface area contributed by atoms with Crippen LogP contribution in [0.3, 0.4) is 0 Å². The first kappa shape index (κ1) is 28.3. The summed E-state index contributed by atoms with van der Waals surface area (Å²) in [6, 6.07) is 18.6. The third kappa shape index (κ3) is 9.97. The van der Waals surface area contributed by atoms with Gasteiger partial charge in [0.25, 0.3) is 10.1 Å². The number of aromatic nitrogens is 1. The van der Waals surface area contributed by atoms with Crippen molar-refractivity contribution in [3.8, 4) is 5.88 Å². The van der Waals surface area contributed by atoms with E-state index in [4.69, 9.17) is 18.4 Å². The number of benzene rings is 2. The number of pyridine rings is 1. The van der Waals surface area contributed by atoms with Gasteiger partial charge in [-0.15, -0.1) is 0 Å². The number of ether oxygens (including phenoxy) is 3. The molecular formula is C28H34N2O6S. The number of anilines is 1. The predicted molar refractivity (Wildman–Crippen MR) is 145 cm³/mol. The standard InChI is InChI=1S/C28H34N2O6S/c1-23-4-13-27(14-5-23)37(31,32)36-21-19-34-17-16-33-18-20-35-28-15-10-25(22-29-28)7-6-24-8-11-26(12-9-24)30(2)3/h4-15,22H,16-21H2,1-3H3. The van der Waals surface area contributed by atoms with Crippen LogP contribution in [0.25, 0.3) is 12.2 Å². The van der Waals surface area contributed by atoms with Crippen molar-refractivity contribution >= 4 is 28.0 Å². The lowest BCUT2D eigenvalue weighted by atomic mass is 10.1. The fourth-order valence-electron chi connectivity index (χ4n) is 3.15. The Morgan fingerprint density at radius 3 is 1.97 bits per heavy atom. The van der Waals surface area contributed by atoms with E-state index in [0.29, 0.717) is 32.3 Å². The van der Waals surface area contributed by atoms with Crippen molar-refractivity contribution in [1.82, 2.24) is 4.98 Å². The van der Waals surface area contributed by atoms with E-state index in [9.17, 15) is 8.42 Å². The summed E-state index contributed by atoms with van der Waals surface area (Å²) in [7, 11) is 0.267. The molecule has 0 atom stereocenters. The zero-order chi connectivity index (χ0) is 26.5. The van der Waals surface area contributed by atoms with Crippen LogP contribution in [0.2, 0.25) is 0 Å². The van der Waals surface area contributed by atoms with Crippen LogP contribution in [0.4, 0.5) is 5.69 Å². The van der Waals surface area contributed by atoms with Crippen molar-refractivity contribution in [1.29, 1.82) is 0 Å². The predicted octanol–water partition coefficient (Wildman–Crippen LogP) is 4.44. The summed E-state index contributed by atoms with van der Waals surface area (Å²) in [5.41, 5.74) is 4.24. The lowest BCUT2D eigenvalue weighted by molar-refractivity contribution is 0.0275. The summed E-state index contributed by atoms with van der Waals surface area (Å²) in [4.78, 5) is 6.52. The van der Waals surface area contributed by atoms with Crippen LogP contribution in [0, 0.1) is 6.92 Å². The Morgan fingerprint density at radius 2 is 1.35 bits per heavy atom. The third-order valence-corrected chi connectivity index (χ3v) is 6.59. The molecule has 1 aromatic heterocycles. The molecule has 0 saturated heterocycles. The number of nitrogens with zero attached hydrogens (tertiary/aromatic N) is 2. The highest BCUT2D eigenvalue weighted by atomic mass is 32.2. The molecule has 37 heavy (non-hydrogen) atoms. The molecule has 2 aromatic carbocycles. The maximum atomic E-state index is 12.1. The molecule has 0 aliphatic rings. The Bertz CT molecular complexity index is 1210. The summed E-state index contributed by atoms with van der Waals surface area (Å²) >= 11 is 0. The zero-order valence-electron chi connectivity index (χ0n) is 21.5. The van der Waals surface area contributed by atoms with Crippen LogP contribution in [-0.4, -0.2) is 67.1 Å². The monoisotopic (exact) mass is 526 g/mol. The van der Waals surface area contributed by atoms with Crippen molar-refractivity contribution < 1.29 is 26.8 Å². The number of hydrogen-bond acceptors (Lipinski definition) is 8. The first-order valence-electron chi connectivity index (χ1n) is 12.0. The second-order valence-electron chi connectivity index (χ2n) is 8.41. The quantitative estimate of drug-likeness (QED) is 0.212. The van der Waals surface area contributed by atoms with E-state index in [1.807, 2.05) is 45.3 Å². The highest BCUT2D eigenvalue weighted by Gasteiger charge is 2.14. The minimum atomic E-state index is -3.77. The fraction of sp³-hybridized carbons (Fsp3) is 0.321. The van der Waals surface area contributed by atoms with Crippen LogP contribution < -0.4 is 9.64 Å². The molecule has 0 fully saturated rings. The van der Waals surface area contributed by atoms with E-state index < -0.39 is 10.1 Å². The molecule has 0 amide bonds.